The molecule has 0 bridgehead atoms. The second kappa shape index (κ2) is 14.3. The van der Waals surface area contributed by atoms with Gasteiger partial charge in [-0.15, -0.1) is 0 Å². The monoisotopic (exact) mass is 802 g/mol. The Hall–Kier alpha value is -5.99. The fourth-order valence-corrected chi connectivity index (χ4v) is 9.25. The van der Waals surface area contributed by atoms with Crippen molar-refractivity contribution >= 4 is 91.9 Å². The Bertz CT molecular complexity index is 2610. The number of amides is 4. The molecule has 0 unspecified atom stereocenters. The summed E-state index contributed by atoms with van der Waals surface area (Å²) >= 11 is 0. The van der Waals surface area contributed by atoms with Gasteiger partial charge >= 0.3 is 14.2 Å². The average molecular weight is 803 g/mol. The van der Waals surface area contributed by atoms with Crippen molar-refractivity contribution in [1.29, 1.82) is 0 Å². The molecule has 9 rings (SSSR count). The summed E-state index contributed by atoms with van der Waals surface area (Å²) in [6.45, 7) is 2.61. The van der Waals surface area contributed by atoms with Crippen molar-refractivity contribution in [1.82, 2.24) is 9.80 Å². The van der Waals surface area contributed by atoms with Crippen LogP contribution in [0.25, 0.3) is 43.1 Å². The first-order valence-corrected chi connectivity index (χ1v) is 20.0. The third kappa shape index (κ3) is 6.53. The molecule has 4 N–H and O–H groups in total. The molecule has 7 aromatic rings. The van der Waals surface area contributed by atoms with Gasteiger partial charge < -0.3 is 29.1 Å². The SMILES string of the molecule is C[N+](C)(CCN1C(=O)c2ccc3c4ccc5c6c(ccc(c7ccc(c2c37)C1=O)c64)C(=O)N(CC[N+](C)(C)Cc1ccc(B(O)O)cc1)C5=O)Cc1ccc(B(O)O)cc1. The van der Waals surface area contributed by atoms with E-state index in [1.165, 1.54) is 9.80 Å². The van der Waals surface area contributed by atoms with E-state index in [1.807, 2.05) is 76.7 Å². The minimum absolute atomic E-state index is 0.205. The van der Waals surface area contributed by atoms with Crippen LogP contribution in [-0.2, 0) is 13.1 Å². The molecular formula is C46H44B2N4O8+2. The summed E-state index contributed by atoms with van der Waals surface area (Å²) < 4.78 is 0.968. The summed E-state index contributed by atoms with van der Waals surface area (Å²) in [6.07, 6.45) is 0. The number of hydrogen-bond donors (Lipinski definition) is 4. The van der Waals surface area contributed by atoms with E-state index >= 15 is 0 Å². The van der Waals surface area contributed by atoms with Crippen molar-refractivity contribution in [3.05, 3.63) is 130 Å². The van der Waals surface area contributed by atoms with Crippen LogP contribution in [0.5, 0.6) is 0 Å². The van der Waals surface area contributed by atoms with E-state index in [0.717, 1.165) is 43.4 Å². The van der Waals surface area contributed by atoms with Gasteiger partial charge in [0, 0.05) is 44.2 Å². The smallest absolute Gasteiger partial charge is 0.423 e. The molecule has 0 aromatic heterocycles. The molecule has 2 heterocycles. The molecule has 0 radical (unpaired) electrons. The predicted molar refractivity (Wildman–Crippen MR) is 232 cm³/mol. The van der Waals surface area contributed by atoms with Crippen LogP contribution in [0.3, 0.4) is 0 Å². The molecule has 0 atom stereocenters. The topological polar surface area (TPSA) is 156 Å². The fourth-order valence-electron chi connectivity index (χ4n) is 9.25. The zero-order valence-electron chi connectivity index (χ0n) is 33.8. The molecule has 0 spiro atoms. The van der Waals surface area contributed by atoms with Gasteiger partial charge in [-0.05, 0) is 67.5 Å². The highest BCUT2D eigenvalue weighted by Crippen LogP contribution is 2.46. The van der Waals surface area contributed by atoms with E-state index in [4.69, 9.17) is 0 Å². The zero-order valence-corrected chi connectivity index (χ0v) is 33.8. The maximum Gasteiger partial charge on any atom is 0.488 e. The number of likely N-dealkylation sites (N-methyl/N-ethyl adjacent to an activating group) is 2. The Morgan fingerprint density at radius 2 is 0.700 bits per heavy atom. The Morgan fingerprint density at radius 3 is 0.967 bits per heavy atom. The molecule has 0 aliphatic carbocycles. The van der Waals surface area contributed by atoms with E-state index in [2.05, 4.69) is 0 Å². The average Bonchev–Trinajstić information content (AvgIpc) is 3.21. The number of nitrogens with zero attached hydrogens (tertiary/aromatic N) is 4. The second-order valence-electron chi connectivity index (χ2n) is 17.5. The van der Waals surface area contributed by atoms with Gasteiger partial charge in [-0.2, -0.15) is 0 Å². The largest absolute Gasteiger partial charge is 0.488 e. The Labute approximate surface area is 346 Å². The van der Waals surface area contributed by atoms with Crippen molar-refractivity contribution in [3.8, 4) is 0 Å². The highest BCUT2D eigenvalue weighted by atomic mass is 16.4. The molecule has 2 aliphatic rings. The summed E-state index contributed by atoms with van der Waals surface area (Å²) in [5.41, 5.74) is 4.58. The van der Waals surface area contributed by atoms with Crippen LogP contribution in [0.15, 0.2) is 97.1 Å². The first-order valence-electron chi connectivity index (χ1n) is 20.0. The van der Waals surface area contributed by atoms with Crippen LogP contribution in [0.2, 0.25) is 0 Å². The normalized spacial score (nSPS) is 14.5. The van der Waals surface area contributed by atoms with Crippen LogP contribution in [0, 0.1) is 0 Å². The van der Waals surface area contributed by atoms with E-state index in [9.17, 15) is 39.3 Å². The maximum absolute atomic E-state index is 14.2. The lowest BCUT2D eigenvalue weighted by Crippen LogP contribution is -2.49. The van der Waals surface area contributed by atoms with Crippen LogP contribution < -0.4 is 10.9 Å². The molecule has 300 valence electrons. The lowest BCUT2D eigenvalue weighted by atomic mass is 9.80. The van der Waals surface area contributed by atoms with Crippen molar-refractivity contribution in [2.24, 2.45) is 0 Å². The van der Waals surface area contributed by atoms with Gasteiger partial charge in [0.2, 0.25) is 0 Å². The van der Waals surface area contributed by atoms with E-state index in [0.29, 0.717) is 79.1 Å². The fraction of sp³-hybridized carbons (Fsp3) is 0.217. The summed E-state index contributed by atoms with van der Waals surface area (Å²) in [5.74, 6) is -1.42. The van der Waals surface area contributed by atoms with Gasteiger partial charge in [-0.1, -0.05) is 72.8 Å². The number of fused-ring (bicyclic) bond motifs is 2. The summed E-state index contributed by atoms with van der Waals surface area (Å²) in [4.78, 5) is 59.4. The van der Waals surface area contributed by atoms with Crippen molar-refractivity contribution in [3.63, 3.8) is 0 Å². The molecule has 7 aromatic carbocycles. The lowest BCUT2D eigenvalue weighted by molar-refractivity contribution is -0.902. The molecule has 0 saturated carbocycles. The zero-order chi connectivity index (χ0) is 42.4. The van der Waals surface area contributed by atoms with Gasteiger partial charge in [0.1, 0.15) is 13.1 Å². The van der Waals surface area contributed by atoms with E-state index in [-0.39, 0.29) is 36.7 Å². The maximum atomic E-state index is 14.2. The number of imide groups is 2. The molecule has 0 fully saturated rings. The van der Waals surface area contributed by atoms with E-state index in [1.54, 1.807) is 48.5 Å². The highest BCUT2D eigenvalue weighted by molar-refractivity contribution is 6.59. The number of rotatable bonds is 12. The van der Waals surface area contributed by atoms with Gasteiger partial charge in [0.05, 0.1) is 54.4 Å². The number of carbonyl (C=O) groups excluding carboxylic acids is 4. The second-order valence-corrected chi connectivity index (χ2v) is 17.5. The molecule has 12 nitrogen and oxygen atoms in total. The Balaban J connectivity index is 1.01. The molecular weight excluding hydrogens is 758 g/mol. The molecule has 0 saturated heterocycles. The highest BCUT2D eigenvalue weighted by Gasteiger charge is 2.38. The van der Waals surface area contributed by atoms with Crippen LogP contribution in [0.1, 0.15) is 52.6 Å². The standard InChI is InChI=1S/C46H44B2N4O8/c1-51(2,25-27-5-9-29(10-6-27)47(57)58)23-21-49-43(53)35-17-13-31-33-15-19-37-42-38(20-16-34(40(33)42)32-14-18-36(44(49)54)41(35)39(31)32)46(56)50(45(37)55)22-24-52(3,4)26-28-7-11-30(12-8-28)48(59)60/h5-20,57-60H,21-26H2,1-4H3/q+2. The third-order valence-electron chi connectivity index (χ3n) is 12.4. The first-order chi connectivity index (χ1) is 28.5. The predicted octanol–water partition coefficient (Wildman–Crippen LogP) is 2.84. The summed E-state index contributed by atoms with van der Waals surface area (Å²) in [6, 6.07) is 28.9. The summed E-state index contributed by atoms with van der Waals surface area (Å²) in [7, 11) is 5.02. The van der Waals surface area contributed by atoms with Crippen LogP contribution in [0.4, 0.5) is 0 Å². The van der Waals surface area contributed by atoms with Gasteiger partial charge in [0.25, 0.3) is 23.6 Å². The number of hydrogen-bond acceptors (Lipinski definition) is 8. The Kier molecular flexibility index (Phi) is 9.43. The van der Waals surface area contributed by atoms with Crippen LogP contribution in [-0.4, -0.2) is 131 Å². The van der Waals surface area contributed by atoms with Gasteiger partial charge in [0.15, 0.2) is 0 Å². The van der Waals surface area contributed by atoms with Gasteiger partial charge in [-0.25, -0.2) is 0 Å². The molecule has 60 heavy (non-hydrogen) atoms. The van der Waals surface area contributed by atoms with Crippen molar-refractivity contribution in [2.75, 3.05) is 54.4 Å². The lowest BCUT2D eigenvalue weighted by Gasteiger charge is -2.34. The minimum atomic E-state index is -1.54. The number of quaternary nitrogens is 2. The number of carbonyl (C=O) groups is 4. The minimum Gasteiger partial charge on any atom is -0.423 e. The third-order valence-corrected chi connectivity index (χ3v) is 12.4. The quantitative estimate of drug-likeness (QED) is 0.0484. The van der Waals surface area contributed by atoms with Crippen molar-refractivity contribution in [2.45, 2.75) is 13.1 Å². The summed E-state index contributed by atoms with van der Waals surface area (Å²) in [5, 5.41) is 44.0. The number of benzene rings is 7. The van der Waals surface area contributed by atoms with Crippen LogP contribution >= 0.6 is 0 Å². The van der Waals surface area contributed by atoms with Gasteiger partial charge in [-0.3, -0.25) is 29.0 Å². The molecule has 4 amide bonds. The van der Waals surface area contributed by atoms with E-state index < -0.39 is 14.2 Å². The first kappa shape index (κ1) is 39.5. The Morgan fingerprint density at radius 1 is 0.417 bits per heavy atom. The molecule has 2 aliphatic heterocycles. The molecule has 14 heteroatoms. The van der Waals surface area contributed by atoms with Crippen molar-refractivity contribution < 1.29 is 48.2 Å².